The second kappa shape index (κ2) is 15.0. The van der Waals surface area contributed by atoms with Gasteiger partial charge < -0.3 is 15.4 Å². The molecule has 0 unspecified atom stereocenters. The lowest BCUT2D eigenvalue weighted by molar-refractivity contribution is -0.119. The fourth-order valence-corrected chi connectivity index (χ4v) is 7.32. The van der Waals surface area contributed by atoms with Gasteiger partial charge in [-0.15, -0.1) is 0 Å². The first-order valence-corrected chi connectivity index (χ1v) is 17.0. The highest BCUT2D eigenvalue weighted by atomic mass is 35.5. The zero-order chi connectivity index (χ0) is 32.9. The molecule has 47 heavy (non-hydrogen) atoms. The van der Waals surface area contributed by atoms with Crippen LogP contribution in [0.2, 0.25) is 10.0 Å². The van der Waals surface area contributed by atoms with Crippen molar-refractivity contribution in [2.24, 2.45) is 5.92 Å². The van der Waals surface area contributed by atoms with Gasteiger partial charge in [-0.1, -0.05) is 77.8 Å². The van der Waals surface area contributed by atoms with E-state index in [1.807, 2.05) is 54.6 Å². The van der Waals surface area contributed by atoms with Crippen molar-refractivity contribution in [2.75, 3.05) is 13.7 Å². The number of nitrogens with one attached hydrogen (secondary N) is 2. The highest BCUT2D eigenvalue weighted by Gasteiger charge is 2.23. The number of benzene rings is 3. The lowest BCUT2D eigenvalue weighted by Gasteiger charge is -2.16. The van der Waals surface area contributed by atoms with Crippen molar-refractivity contribution < 1.29 is 18.7 Å². The molecule has 244 valence electrons. The van der Waals surface area contributed by atoms with E-state index in [1.165, 1.54) is 6.07 Å². The molecular weight excluding hydrogens is 636 g/mol. The number of ketones is 1. The highest BCUT2D eigenvalue weighted by molar-refractivity contribution is 6.39. The first kappa shape index (κ1) is 33.1. The Morgan fingerprint density at radius 1 is 0.915 bits per heavy atom. The van der Waals surface area contributed by atoms with E-state index in [9.17, 15) is 9.59 Å². The number of Topliss-reactive ketones (excluding diaryl/α,β-unsaturated/α-hetero) is 1. The van der Waals surface area contributed by atoms with Gasteiger partial charge in [-0.05, 0) is 62.3 Å². The molecule has 2 N–H and O–H groups in total. The van der Waals surface area contributed by atoms with Crippen molar-refractivity contribution in [3.63, 3.8) is 0 Å². The molecule has 3 aromatic carbocycles. The van der Waals surface area contributed by atoms with Crippen LogP contribution in [0.3, 0.4) is 0 Å². The van der Waals surface area contributed by atoms with Crippen molar-refractivity contribution >= 4 is 34.9 Å². The summed E-state index contributed by atoms with van der Waals surface area (Å²) >= 11 is 14.0. The van der Waals surface area contributed by atoms with E-state index in [2.05, 4.69) is 10.6 Å². The van der Waals surface area contributed by atoms with Gasteiger partial charge in [0.1, 0.15) is 11.6 Å². The van der Waals surface area contributed by atoms with Crippen LogP contribution in [0.5, 0.6) is 5.88 Å². The minimum atomic E-state index is -0.312. The van der Waals surface area contributed by atoms with Gasteiger partial charge in [0.2, 0.25) is 11.8 Å². The molecule has 1 saturated carbocycles. The summed E-state index contributed by atoms with van der Waals surface area (Å²) in [5.41, 5.74) is 5.84. The minimum absolute atomic E-state index is 0.132. The van der Waals surface area contributed by atoms with E-state index >= 15 is 4.39 Å². The van der Waals surface area contributed by atoms with Gasteiger partial charge in [0.05, 0.1) is 22.8 Å². The average Bonchev–Trinajstić information content (AvgIpc) is 3.69. The fraction of sp³-hybridized carbons (Fsp3) is 0.342. The molecule has 9 heteroatoms. The van der Waals surface area contributed by atoms with Gasteiger partial charge in [0.25, 0.3) is 0 Å². The van der Waals surface area contributed by atoms with E-state index in [0.717, 1.165) is 54.4 Å². The van der Waals surface area contributed by atoms with Crippen LogP contribution in [-0.2, 0) is 22.6 Å². The SMILES string of the molecule is COc1nc(-c2cccc(-c3cccc(-c4ccc(CNC[C@@H]5CCC(=O)C5)c(F)c4)c3Cl)c2Cl)ccc1CCC[C@@H]1CCC(=O)N1. The van der Waals surface area contributed by atoms with E-state index in [1.54, 1.807) is 13.2 Å². The predicted molar refractivity (Wildman–Crippen MR) is 185 cm³/mol. The number of hydrogen-bond donors (Lipinski definition) is 2. The minimum Gasteiger partial charge on any atom is -0.481 e. The first-order chi connectivity index (χ1) is 22.8. The maximum absolute atomic E-state index is 15.2. The van der Waals surface area contributed by atoms with Crippen LogP contribution in [0.15, 0.2) is 66.7 Å². The summed E-state index contributed by atoms with van der Waals surface area (Å²) in [6, 6.07) is 20.8. The van der Waals surface area contributed by atoms with Crippen molar-refractivity contribution in [1.82, 2.24) is 15.6 Å². The monoisotopic (exact) mass is 673 g/mol. The number of rotatable bonds is 12. The Hall–Kier alpha value is -3.78. The molecule has 6 rings (SSSR count). The van der Waals surface area contributed by atoms with Crippen LogP contribution in [0.1, 0.15) is 56.1 Å². The van der Waals surface area contributed by atoms with Gasteiger partial charge in [-0.25, -0.2) is 9.37 Å². The number of methoxy groups -OCH3 is 1. The summed E-state index contributed by atoms with van der Waals surface area (Å²) in [7, 11) is 1.61. The Morgan fingerprint density at radius 3 is 2.32 bits per heavy atom. The maximum Gasteiger partial charge on any atom is 0.220 e. The molecular formula is C38H38Cl2FN3O3. The number of carbonyl (C=O) groups excluding carboxylic acids is 2. The third kappa shape index (κ3) is 7.69. The summed E-state index contributed by atoms with van der Waals surface area (Å²) in [4.78, 5) is 27.8. The van der Waals surface area contributed by atoms with Gasteiger partial charge in [0.15, 0.2) is 0 Å². The normalized spacial score (nSPS) is 17.7. The summed E-state index contributed by atoms with van der Waals surface area (Å²) in [6.07, 6.45) is 6.28. The molecule has 2 heterocycles. The second-order valence-corrected chi connectivity index (χ2v) is 13.2. The van der Waals surface area contributed by atoms with Crippen molar-refractivity contribution in [3.05, 3.63) is 93.7 Å². The quantitative estimate of drug-likeness (QED) is 0.157. The number of amides is 1. The van der Waals surface area contributed by atoms with Crippen molar-refractivity contribution in [1.29, 1.82) is 0 Å². The molecule has 4 aromatic rings. The topological polar surface area (TPSA) is 80.3 Å². The number of ether oxygens (including phenoxy) is 1. The summed E-state index contributed by atoms with van der Waals surface area (Å²) in [6.45, 7) is 1.10. The molecule has 2 aliphatic rings. The van der Waals surface area contributed by atoms with Gasteiger partial charge in [0, 0.05) is 65.2 Å². The largest absolute Gasteiger partial charge is 0.481 e. The Balaban J connectivity index is 1.19. The number of pyridine rings is 1. The molecule has 0 radical (unpaired) electrons. The Morgan fingerprint density at radius 2 is 1.64 bits per heavy atom. The van der Waals surface area contributed by atoms with Crippen molar-refractivity contribution in [2.45, 2.75) is 64.0 Å². The average molecular weight is 675 g/mol. The lowest BCUT2D eigenvalue weighted by atomic mass is 9.96. The molecule has 0 bridgehead atoms. The van der Waals surface area contributed by atoms with Crippen LogP contribution in [-0.4, -0.2) is 36.4 Å². The predicted octanol–water partition coefficient (Wildman–Crippen LogP) is 8.60. The number of carbonyl (C=O) groups is 2. The van der Waals surface area contributed by atoms with Crippen LogP contribution in [0.4, 0.5) is 4.39 Å². The third-order valence-corrected chi connectivity index (χ3v) is 10.1. The molecule has 1 aliphatic carbocycles. The lowest BCUT2D eigenvalue weighted by Crippen LogP contribution is -2.25. The maximum atomic E-state index is 15.2. The zero-order valence-corrected chi connectivity index (χ0v) is 27.9. The molecule has 2 fully saturated rings. The molecule has 6 nitrogen and oxygen atoms in total. The highest BCUT2D eigenvalue weighted by Crippen LogP contribution is 2.42. The fourth-order valence-electron chi connectivity index (χ4n) is 6.65. The zero-order valence-electron chi connectivity index (χ0n) is 26.4. The van der Waals surface area contributed by atoms with E-state index in [-0.39, 0.29) is 17.8 Å². The molecule has 2 atom stereocenters. The second-order valence-electron chi connectivity index (χ2n) is 12.5. The number of halogens is 3. The van der Waals surface area contributed by atoms with Crippen LogP contribution in [0, 0.1) is 11.7 Å². The Bertz CT molecular complexity index is 1800. The summed E-state index contributed by atoms with van der Waals surface area (Å²) in [5, 5.41) is 7.30. The van der Waals surface area contributed by atoms with Crippen LogP contribution < -0.4 is 15.4 Å². The summed E-state index contributed by atoms with van der Waals surface area (Å²) in [5.74, 6) is 1.01. The molecule has 0 spiro atoms. The Kier molecular flexibility index (Phi) is 10.6. The standard InChI is InChI=1S/C38H38Cl2FN3O3/c1-47-38-24(5-2-6-27-15-18-35(46)43-27)14-17-34(44-38)32-10-4-9-31(37(32)40)30-8-3-7-29(36(30)39)25-12-13-26(33(41)20-25)22-42-21-23-11-16-28(45)19-23/h3-4,7-10,12-14,17,20,23,27,42H,2,5-6,11,15-16,18-19,21-22H2,1H3,(H,43,46)/t23-,27-/m1/s1. The van der Waals surface area contributed by atoms with Gasteiger partial charge in [-0.2, -0.15) is 0 Å². The number of nitrogens with zero attached hydrogens (tertiary/aromatic N) is 1. The number of hydrogen-bond acceptors (Lipinski definition) is 5. The van der Waals surface area contributed by atoms with Crippen LogP contribution in [0.25, 0.3) is 33.5 Å². The molecule has 1 saturated heterocycles. The van der Waals surface area contributed by atoms with Gasteiger partial charge >= 0.3 is 0 Å². The van der Waals surface area contributed by atoms with E-state index in [0.29, 0.717) is 82.4 Å². The van der Waals surface area contributed by atoms with E-state index < -0.39 is 0 Å². The molecule has 1 aromatic heterocycles. The molecule has 1 aliphatic heterocycles. The van der Waals surface area contributed by atoms with Gasteiger partial charge in [-0.3, -0.25) is 9.59 Å². The number of aromatic nitrogens is 1. The van der Waals surface area contributed by atoms with Crippen LogP contribution >= 0.6 is 23.2 Å². The summed E-state index contributed by atoms with van der Waals surface area (Å²) < 4.78 is 20.9. The van der Waals surface area contributed by atoms with Crippen molar-refractivity contribution in [3.8, 4) is 39.4 Å². The third-order valence-electron chi connectivity index (χ3n) is 9.24. The Labute approximate surface area is 285 Å². The number of aryl methyl sites for hydroxylation is 1. The van der Waals surface area contributed by atoms with E-state index in [4.69, 9.17) is 32.9 Å². The first-order valence-electron chi connectivity index (χ1n) is 16.2. The smallest absolute Gasteiger partial charge is 0.220 e. The molecule has 1 amide bonds.